The van der Waals surface area contributed by atoms with Gasteiger partial charge in [-0.2, -0.15) is 0 Å². The lowest BCUT2D eigenvalue weighted by atomic mass is 10.0. The van der Waals surface area contributed by atoms with Gasteiger partial charge in [0.25, 0.3) is 0 Å². The van der Waals surface area contributed by atoms with Crippen LogP contribution in [0.25, 0.3) is 0 Å². The number of rotatable bonds is 8. The van der Waals surface area contributed by atoms with Gasteiger partial charge < -0.3 is 15.0 Å². The van der Waals surface area contributed by atoms with Crippen LogP contribution in [0.2, 0.25) is 5.02 Å². The summed E-state index contributed by atoms with van der Waals surface area (Å²) in [5, 5.41) is 3.41. The summed E-state index contributed by atoms with van der Waals surface area (Å²) in [5.74, 6) is 0.0288. The second kappa shape index (κ2) is 10.1. The molecule has 1 N–H and O–H groups in total. The number of nitrogens with one attached hydrogen (secondary N) is 1. The van der Waals surface area contributed by atoms with Gasteiger partial charge in [-0.25, -0.2) is 4.79 Å². The second-order valence-electron chi connectivity index (χ2n) is 7.53. The van der Waals surface area contributed by atoms with Gasteiger partial charge in [0, 0.05) is 50.1 Å². The summed E-state index contributed by atoms with van der Waals surface area (Å²) in [6.07, 6.45) is 3.02. The zero-order chi connectivity index (χ0) is 20.8. The molecule has 0 bridgehead atoms. The quantitative estimate of drug-likeness (QED) is 0.513. The number of hydrogen-bond donors (Lipinski definition) is 1. The number of esters is 1. The Morgan fingerprint density at radius 2 is 1.86 bits per heavy atom. The molecule has 1 saturated heterocycles. The first-order chi connectivity index (χ1) is 14.0. The molecule has 3 rings (SSSR count). The standard InChI is InChI=1S/C21H28ClN3O4/c1-29-21(28)19(16-5-2-3-6-17(16)22)25-13-11-24(12-14-25)18(26)7-4-10-23-20(27)15-8-9-15/h2-3,5-6,15,19H,4,7-14H2,1H3,(H,23,27). The summed E-state index contributed by atoms with van der Waals surface area (Å²) >= 11 is 6.31. The van der Waals surface area contributed by atoms with Crippen molar-refractivity contribution in [3.05, 3.63) is 34.9 Å². The van der Waals surface area contributed by atoms with Crippen LogP contribution < -0.4 is 5.32 Å². The Morgan fingerprint density at radius 3 is 2.48 bits per heavy atom. The molecule has 8 heteroatoms. The molecule has 2 fully saturated rings. The molecule has 2 amide bonds. The van der Waals surface area contributed by atoms with E-state index < -0.39 is 6.04 Å². The Kier molecular flexibility index (Phi) is 7.50. The molecule has 29 heavy (non-hydrogen) atoms. The Balaban J connectivity index is 1.48. The minimum atomic E-state index is -0.580. The van der Waals surface area contributed by atoms with Gasteiger partial charge in [-0.3, -0.25) is 14.5 Å². The average molecular weight is 422 g/mol. The van der Waals surface area contributed by atoms with Gasteiger partial charge in [0.2, 0.25) is 11.8 Å². The molecule has 1 aromatic carbocycles. The number of nitrogens with zero attached hydrogens (tertiary/aromatic N) is 2. The van der Waals surface area contributed by atoms with E-state index >= 15 is 0 Å². The molecule has 0 radical (unpaired) electrons. The molecule has 0 spiro atoms. The summed E-state index contributed by atoms with van der Waals surface area (Å²) in [4.78, 5) is 40.3. The van der Waals surface area contributed by atoms with Gasteiger partial charge in [0.05, 0.1) is 7.11 Å². The fourth-order valence-electron chi connectivity index (χ4n) is 3.61. The van der Waals surface area contributed by atoms with E-state index in [0.29, 0.717) is 56.2 Å². The van der Waals surface area contributed by atoms with Gasteiger partial charge in [0.1, 0.15) is 6.04 Å². The van der Waals surface area contributed by atoms with Crippen molar-refractivity contribution in [1.29, 1.82) is 0 Å². The summed E-state index contributed by atoms with van der Waals surface area (Å²) < 4.78 is 5.00. The molecule has 1 unspecified atom stereocenters. The number of methoxy groups -OCH3 is 1. The van der Waals surface area contributed by atoms with Crippen LogP contribution in [0.5, 0.6) is 0 Å². The van der Waals surface area contributed by atoms with E-state index in [-0.39, 0.29) is 23.7 Å². The number of hydrogen-bond acceptors (Lipinski definition) is 5. The first-order valence-corrected chi connectivity index (χ1v) is 10.5. The van der Waals surface area contributed by atoms with Crippen LogP contribution in [0.4, 0.5) is 0 Å². The molecule has 1 heterocycles. The second-order valence-corrected chi connectivity index (χ2v) is 7.94. The van der Waals surface area contributed by atoms with Crippen molar-refractivity contribution in [2.24, 2.45) is 5.92 Å². The summed E-state index contributed by atoms with van der Waals surface area (Å²) in [6, 6.07) is 6.68. The number of carbonyl (C=O) groups is 3. The van der Waals surface area contributed by atoms with Crippen LogP contribution in [-0.2, 0) is 19.1 Å². The predicted molar refractivity (Wildman–Crippen MR) is 109 cm³/mol. The normalized spacial score (nSPS) is 18.2. The maximum absolute atomic E-state index is 12.5. The third-order valence-corrected chi connectivity index (χ3v) is 5.82. The van der Waals surface area contributed by atoms with E-state index in [4.69, 9.17) is 16.3 Å². The van der Waals surface area contributed by atoms with Crippen molar-refractivity contribution in [2.75, 3.05) is 39.8 Å². The van der Waals surface area contributed by atoms with Crippen LogP contribution in [0.3, 0.4) is 0 Å². The first-order valence-electron chi connectivity index (χ1n) is 10.1. The first kappa shape index (κ1) is 21.6. The molecule has 158 valence electrons. The SMILES string of the molecule is COC(=O)C(c1ccccc1Cl)N1CCN(C(=O)CCCNC(=O)C2CC2)CC1. The van der Waals surface area contributed by atoms with E-state index in [2.05, 4.69) is 5.32 Å². The highest BCUT2D eigenvalue weighted by molar-refractivity contribution is 6.31. The molecule has 1 saturated carbocycles. The minimum absolute atomic E-state index is 0.0812. The maximum Gasteiger partial charge on any atom is 0.327 e. The number of piperazine rings is 1. The topological polar surface area (TPSA) is 79.0 Å². The van der Waals surface area contributed by atoms with Crippen molar-refractivity contribution >= 4 is 29.4 Å². The largest absolute Gasteiger partial charge is 0.468 e. The summed E-state index contributed by atoms with van der Waals surface area (Å²) in [7, 11) is 1.37. The third-order valence-electron chi connectivity index (χ3n) is 5.47. The van der Waals surface area contributed by atoms with Crippen LogP contribution in [-0.4, -0.2) is 67.4 Å². The highest BCUT2D eigenvalue weighted by Gasteiger charge is 2.33. The lowest BCUT2D eigenvalue weighted by Crippen LogP contribution is -2.51. The molecule has 7 nitrogen and oxygen atoms in total. The highest BCUT2D eigenvalue weighted by atomic mass is 35.5. The number of halogens is 1. The number of carbonyl (C=O) groups excluding carboxylic acids is 3. The van der Waals surface area contributed by atoms with Gasteiger partial charge >= 0.3 is 5.97 Å². The van der Waals surface area contributed by atoms with Crippen LogP contribution in [0.1, 0.15) is 37.3 Å². The fourth-order valence-corrected chi connectivity index (χ4v) is 3.85. The smallest absolute Gasteiger partial charge is 0.327 e. The zero-order valence-electron chi connectivity index (χ0n) is 16.7. The fraction of sp³-hybridized carbons (Fsp3) is 0.571. The molecular weight excluding hydrogens is 394 g/mol. The lowest BCUT2D eigenvalue weighted by Gasteiger charge is -2.38. The Hall–Kier alpha value is -2.12. The van der Waals surface area contributed by atoms with Crippen molar-refractivity contribution in [2.45, 2.75) is 31.7 Å². The maximum atomic E-state index is 12.5. The van der Waals surface area contributed by atoms with Crippen LogP contribution in [0.15, 0.2) is 24.3 Å². The molecule has 1 atom stereocenters. The van der Waals surface area contributed by atoms with Crippen LogP contribution >= 0.6 is 11.6 Å². The highest BCUT2D eigenvalue weighted by Crippen LogP contribution is 2.30. The number of amides is 2. The molecule has 1 aliphatic heterocycles. The molecule has 2 aliphatic rings. The van der Waals surface area contributed by atoms with Gasteiger partial charge in [-0.05, 0) is 30.9 Å². The monoisotopic (exact) mass is 421 g/mol. The van der Waals surface area contributed by atoms with Gasteiger partial charge in [0.15, 0.2) is 0 Å². The molecule has 0 aromatic heterocycles. The van der Waals surface area contributed by atoms with E-state index in [1.165, 1.54) is 7.11 Å². The predicted octanol–water partition coefficient (Wildman–Crippen LogP) is 2.00. The number of benzene rings is 1. The Bertz CT molecular complexity index is 745. The summed E-state index contributed by atoms with van der Waals surface area (Å²) in [5.41, 5.74) is 0.715. The Labute approximate surface area is 176 Å². The molecule has 1 aliphatic carbocycles. The molecule has 1 aromatic rings. The number of ether oxygens (including phenoxy) is 1. The summed E-state index contributed by atoms with van der Waals surface area (Å²) in [6.45, 7) is 2.76. The van der Waals surface area contributed by atoms with Gasteiger partial charge in [-0.15, -0.1) is 0 Å². The van der Waals surface area contributed by atoms with Crippen molar-refractivity contribution in [3.63, 3.8) is 0 Å². The van der Waals surface area contributed by atoms with Crippen LogP contribution in [0, 0.1) is 5.92 Å². The Morgan fingerprint density at radius 1 is 1.17 bits per heavy atom. The van der Waals surface area contributed by atoms with Crippen molar-refractivity contribution in [1.82, 2.24) is 15.1 Å². The molecular formula is C21H28ClN3O4. The third kappa shape index (κ3) is 5.70. The lowest BCUT2D eigenvalue weighted by molar-refractivity contribution is -0.148. The van der Waals surface area contributed by atoms with Gasteiger partial charge in [-0.1, -0.05) is 29.8 Å². The minimum Gasteiger partial charge on any atom is -0.468 e. The van der Waals surface area contributed by atoms with E-state index in [9.17, 15) is 14.4 Å². The van der Waals surface area contributed by atoms with E-state index in [1.807, 2.05) is 28.0 Å². The van der Waals surface area contributed by atoms with E-state index in [0.717, 1.165) is 12.8 Å². The zero-order valence-corrected chi connectivity index (χ0v) is 17.5. The van der Waals surface area contributed by atoms with E-state index in [1.54, 1.807) is 6.07 Å². The van der Waals surface area contributed by atoms with Crippen molar-refractivity contribution in [3.8, 4) is 0 Å². The van der Waals surface area contributed by atoms with Crippen molar-refractivity contribution < 1.29 is 19.1 Å². The average Bonchev–Trinajstić information content (AvgIpc) is 3.58.